The number of aromatic nitrogens is 4. The Hall–Kier alpha value is -3.21. The summed E-state index contributed by atoms with van der Waals surface area (Å²) in [6, 6.07) is 8.70. The van der Waals surface area contributed by atoms with E-state index in [0.29, 0.717) is 5.69 Å². The summed E-state index contributed by atoms with van der Waals surface area (Å²) in [5.41, 5.74) is 0.161. The number of benzene rings is 1. The number of thioether (sulfide) groups is 1. The fourth-order valence-corrected chi connectivity index (χ4v) is 3.04. The molecule has 26 heavy (non-hydrogen) atoms. The van der Waals surface area contributed by atoms with Gasteiger partial charge in [0.2, 0.25) is 11.6 Å². The third kappa shape index (κ3) is 3.28. The number of hydrogen-bond donors (Lipinski definition) is 1. The van der Waals surface area contributed by atoms with Crippen molar-refractivity contribution in [1.82, 2.24) is 20.0 Å². The highest BCUT2D eigenvalue weighted by atomic mass is 32.2. The summed E-state index contributed by atoms with van der Waals surface area (Å²) in [4.78, 5) is 22.2. The van der Waals surface area contributed by atoms with Gasteiger partial charge in [-0.15, -0.1) is 10.2 Å². The van der Waals surface area contributed by atoms with Crippen LogP contribution in [0.15, 0.2) is 39.8 Å². The molecule has 0 aliphatic rings. The van der Waals surface area contributed by atoms with Crippen molar-refractivity contribution in [2.75, 3.05) is 0 Å². The average Bonchev–Trinajstić information content (AvgIpc) is 3.19. The monoisotopic (exact) mass is 375 g/mol. The number of carboxylic acid groups (broad SMARTS) is 1. The van der Waals surface area contributed by atoms with Crippen molar-refractivity contribution >= 4 is 23.4 Å². The highest BCUT2D eigenvalue weighted by Crippen LogP contribution is 2.40. The van der Waals surface area contributed by atoms with Gasteiger partial charge in [0.25, 0.3) is 5.89 Å². The molecule has 3 aromatic rings. The molecule has 1 unspecified atom stereocenters. The number of rotatable bonds is 6. The van der Waals surface area contributed by atoms with Crippen LogP contribution < -0.4 is 0 Å². The largest absolute Gasteiger partial charge is 0.480 e. The second kappa shape index (κ2) is 6.96. The minimum Gasteiger partial charge on any atom is -0.480 e. The maximum absolute atomic E-state index is 11.7. The van der Waals surface area contributed by atoms with Gasteiger partial charge in [0.15, 0.2) is 5.03 Å². The van der Waals surface area contributed by atoms with Gasteiger partial charge in [-0.25, -0.2) is 4.68 Å². The minimum absolute atomic E-state index is 0.00175. The normalized spacial score (nSPS) is 12.1. The van der Waals surface area contributed by atoms with E-state index in [1.54, 1.807) is 37.3 Å². The quantitative estimate of drug-likeness (QED) is 0.391. The lowest BCUT2D eigenvalue weighted by Crippen LogP contribution is -2.11. The number of para-hydroxylation sites is 1. The number of nitro groups is 1. The first kappa shape index (κ1) is 17.6. The molecule has 0 saturated carbocycles. The van der Waals surface area contributed by atoms with Gasteiger partial charge in [0, 0.05) is 6.92 Å². The summed E-state index contributed by atoms with van der Waals surface area (Å²) in [6.07, 6.45) is 0. The standard InChI is InChI=1S/C15H13N5O5S/c1-8(15(21)22)26-14-12(20(23)24)11(13-17-16-9(2)25-13)19(18-14)10-6-4-3-5-7-10/h3-8H,1-2H3,(H,21,22). The SMILES string of the molecule is Cc1nnc(-c2c([N+](=O)[O-])c(SC(C)C(=O)O)nn2-c2ccccc2)o1. The summed E-state index contributed by atoms with van der Waals surface area (Å²) in [5, 5.41) is 31.7. The first-order chi connectivity index (χ1) is 12.4. The second-order valence-corrected chi connectivity index (χ2v) is 6.56. The van der Waals surface area contributed by atoms with E-state index in [2.05, 4.69) is 15.3 Å². The lowest BCUT2D eigenvalue weighted by Gasteiger charge is -2.03. The number of hydrogen-bond acceptors (Lipinski definition) is 8. The third-order valence-electron chi connectivity index (χ3n) is 3.38. The Labute approximate surface area is 151 Å². The van der Waals surface area contributed by atoms with Crippen LogP contribution in [0.3, 0.4) is 0 Å². The van der Waals surface area contributed by atoms with Crippen molar-refractivity contribution in [2.24, 2.45) is 0 Å². The van der Waals surface area contributed by atoms with Crippen LogP contribution in [0.25, 0.3) is 17.3 Å². The van der Waals surface area contributed by atoms with Crippen molar-refractivity contribution in [1.29, 1.82) is 0 Å². The van der Waals surface area contributed by atoms with E-state index < -0.39 is 16.1 Å². The van der Waals surface area contributed by atoms with Crippen molar-refractivity contribution < 1.29 is 19.2 Å². The van der Waals surface area contributed by atoms with Gasteiger partial charge in [-0.2, -0.15) is 5.10 Å². The molecule has 11 heteroatoms. The average molecular weight is 375 g/mol. The Morgan fingerprint density at radius 2 is 2.04 bits per heavy atom. The highest BCUT2D eigenvalue weighted by molar-refractivity contribution is 8.00. The van der Waals surface area contributed by atoms with Crippen LogP contribution in [-0.4, -0.2) is 41.2 Å². The number of aryl methyl sites for hydroxylation is 1. The molecule has 0 bridgehead atoms. The second-order valence-electron chi connectivity index (χ2n) is 5.23. The molecule has 1 aromatic carbocycles. The van der Waals surface area contributed by atoms with Gasteiger partial charge in [-0.3, -0.25) is 14.9 Å². The molecule has 2 aromatic heterocycles. The molecule has 2 heterocycles. The van der Waals surface area contributed by atoms with Gasteiger partial charge in [0.1, 0.15) is 5.25 Å². The summed E-state index contributed by atoms with van der Waals surface area (Å²) < 4.78 is 6.68. The summed E-state index contributed by atoms with van der Waals surface area (Å²) in [6.45, 7) is 2.99. The van der Waals surface area contributed by atoms with Gasteiger partial charge in [-0.05, 0) is 19.1 Å². The zero-order chi connectivity index (χ0) is 18.8. The van der Waals surface area contributed by atoms with Crippen molar-refractivity contribution in [3.63, 3.8) is 0 Å². The highest BCUT2D eigenvalue weighted by Gasteiger charge is 2.34. The Morgan fingerprint density at radius 3 is 2.58 bits per heavy atom. The van der Waals surface area contributed by atoms with Crippen LogP contribution in [0.5, 0.6) is 0 Å². The molecular weight excluding hydrogens is 362 g/mol. The van der Waals surface area contributed by atoms with Crippen LogP contribution in [-0.2, 0) is 4.79 Å². The van der Waals surface area contributed by atoms with Crippen LogP contribution in [0.4, 0.5) is 5.69 Å². The number of carbonyl (C=O) groups is 1. The molecule has 1 atom stereocenters. The van der Waals surface area contributed by atoms with Crippen LogP contribution in [0, 0.1) is 17.0 Å². The minimum atomic E-state index is -1.10. The Morgan fingerprint density at radius 1 is 1.35 bits per heavy atom. The first-order valence-electron chi connectivity index (χ1n) is 7.41. The molecule has 3 rings (SSSR count). The van der Waals surface area contributed by atoms with E-state index in [0.717, 1.165) is 11.8 Å². The molecule has 0 saturated heterocycles. The third-order valence-corrected chi connectivity index (χ3v) is 4.43. The van der Waals surface area contributed by atoms with Gasteiger partial charge >= 0.3 is 11.7 Å². The van der Waals surface area contributed by atoms with Crippen molar-refractivity contribution in [2.45, 2.75) is 24.1 Å². The van der Waals surface area contributed by atoms with E-state index in [9.17, 15) is 14.9 Å². The van der Waals surface area contributed by atoms with E-state index in [4.69, 9.17) is 9.52 Å². The maximum Gasteiger partial charge on any atom is 0.334 e. The molecule has 0 fully saturated rings. The van der Waals surface area contributed by atoms with E-state index in [1.807, 2.05) is 0 Å². The van der Waals surface area contributed by atoms with Crippen molar-refractivity contribution in [3.8, 4) is 17.3 Å². The molecule has 0 radical (unpaired) electrons. The number of carboxylic acids is 1. The molecule has 0 spiro atoms. The maximum atomic E-state index is 11.7. The lowest BCUT2D eigenvalue weighted by atomic mass is 10.3. The Kier molecular flexibility index (Phi) is 4.71. The summed E-state index contributed by atoms with van der Waals surface area (Å²) in [5.74, 6) is -0.933. The Bertz CT molecular complexity index is 968. The molecule has 0 aliphatic heterocycles. The fourth-order valence-electron chi connectivity index (χ4n) is 2.19. The van der Waals surface area contributed by atoms with Crippen LogP contribution in [0.2, 0.25) is 0 Å². The number of aliphatic carboxylic acids is 1. The van der Waals surface area contributed by atoms with Crippen molar-refractivity contribution in [3.05, 3.63) is 46.3 Å². The van der Waals surface area contributed by atoms with E-state index >= 15 is 0 Å². The first-order valence-corrected chi connectivity index (χ1v) is 8.29. The summed E-state index contributed by atoms with van der Waals surface area (Å²) >= 11 is 0.775. The van der Waals surface area contributed by atoms with Gasteiger partial charge < -0.3 is 9.52 Å². The van der Waals surface area contributed by atoms with Gasteiger partial charge in [0.05, 0.1) is 10.6 Å². The predicted molar refractivity (Wildman–Crippen MR) is 91.2 cm³/mol. The molecule has 10 nitrogen and oxygen atoms in total. The zero-order valence-electron chi connectivity index (χ0n) is 13.7. The van der Waals surface area contributed by atoms with E-state index in [-0.39, 0.29) is 28.2 Å². The van der Waals surface area contributed by atoms with Crippen LogP contribution in [0.1, 0.15) is 12.8 Å². The molecular formula is C15H13N5O5S. The molecule has 0 amide bonds. The van der Waals surface area contributed by atoms with Crippen LogP contribution >= 0.6 is 11.8 Å². The number of nitrogens with zero attached hydrogens (tertiary/aromatic N) is 5. The Balaban J connectivity index is 2.26. The lowest BCUT2D eigenvalue weighted by molar-refractivity contribution is -0.387. The summed E-state index contributed by atoms with van der Waals surface area (Å²) in [7, 11) is 0. The van der Waals surface area contributed by atoms with Gasteiger partial charge in [-0.1, -0.05) is 30.0 Å². The molecule has 1 N–H and O–H groups in total. The molecule has 0 aliphatic carbocycles. The predicted octanol–water partition coefficient (Wildman–Crippen LogP) is 2.70. The zero-order valence-corrected chi connectivity index (χ0v) is 14.5. The smallest absolute Gasteiger partial charge is 0.334 e. The topological polar surface area (TPSA) is 137 Å². The fraction of sp³-hybridized carbons (Fsp3) is 0.200. The van der Waals surface area contributed by atoms with E-state index in [1.165, 1.54) is 11.6 Å². The molecule has 134 valence electrons.